The molecule has 0 amide bonds. The van der Waals surface area contributed by atoms with Crippen molar-refractivity contribution in [3.63, 3.8) is 0 Å². The predicted octanol–water partition coefficient (Wildman–Crippen LogP) is 2.77. The van der Waals surface area contributed by atoms with Gasteiger partial charge in [0.15, 0.2) is 0 Å². The fourth-order valence-electron chi connectivity index (χ4n) is 2.08. The van der Waals surface area contributed by atoms with Crippen molar-refractivity contribution in [3.05, 3.63) is 0 Å². The van der Waals surface area contributed by atoms with Crippen LogP contribution in [-0.2, 0) is 24.1 Å². The highest BCUT2D eigenvalue weighted by atomic mass is 17.2. The minimum Gasteiger partial charge on any atom is -0.457 e. The van der Waals surface area contributed by atoms with Crippen molar-refractivity contribution in [2.45, 2.75) is 78.4 Å². The monoisotopic (exact) mass is 318 g/mol. The van der Waals surface area contributed by atoms with Crippen LogP contribution in [0.1, 0.15) is 66.7 Å². The van der Waals surface area contributed by atoms with Gasteiger partial charge in [-0.2, -0.15) is 4.89 Å². The summed E-state index contributed by atoms with van der Waals surface area (Å²) >= 11 is 0. The standard InChI is InChI=1S/C16H30O6/c1-6-8-9-13(7-2)11-20-14(18)15(19)21-22-16(4,5)10-12(3)17/h12-13,17H,6-11H2,1-5H3. The topological polar surface area (TPSA) is 82.1 Å². The normalized spacial score (nSPS) is 14.3. The molecule has 0 saturated carbocycles. The van der Waals surface area contributed by atoms with Crippen LogP contribution >= 0.6 is 0 Å². The lowest BCUT2D eigenvalue weighted by Gasteiger charge is -2.23. The van der Waals surface area contributed by atoms with Gasteiger partial charge in [0.2, 0.25) is 0 Å². The zero-order valence-corrected chi connectivity index (χ0v) is 14.4. The zero-order valence-electron chi connectivity index (χ0n) is 14.4. The third-order valence-electron chi connectivity index (χ3n) is 3.29. The van der Waals surface area contributed by atoms with E-state index >= 15 is 0 Å². The summed E-state index contributed by atoms with van der Waals surface area (Å²) in [5.74, 6) is -1.98. The molecule has 0 rings (SSSR count). The lowest BCUT2D eigenvalue weighted by atomic mass is 10.0. The number of aliphatic hydroxyl groups excluding tert-OH is 1. The number of carbonyl (C=O) groups excluding carboxylic acids is 2. The van der Waals surface area contributed by atoms with Crippen molar-refractivity contribution < 1.29 is 29.2 Å². The highest BCUT2D eigenvalue weighted by molar-refractivity contribution is 6.29. The Kier molecular flexibility index (Phi) is 10.0. The Bertz CT molecular complexity index is 338. The van der Waals surface area contributed by atoms with Gasteiger partial charge >= 0.3 is 11.9 Å². The average Bonchev–Trinajstić information content (AvgIpc) is 2.43. The molecule has 0 aromatic rings. The molecule has 22 heavy (non-hydrogen) atoms. The maximum absolute atomic E-state index is 11.6. The summed E-state index contributed by atoms with van der Waals surface area (Å²) < 4.78 is 4.96. The molecule has 0 saturated heterocycles. The first-order valence-corrected chi connectivity index (χ1v) is 7.96. The molecule has 0 radical (unpaired) electrons. The van der Waals surface area contributed by atoms with E-state index in [0.717, 1.165) is 25.7 Å². The fraction of sp³-hybridized carbons (Fsp3) is 0.875. The molecule has 130 valence electrons. The molecule has 0 heterocycles. The van der Waals surface area contributed by atoms with Crippen LogP contribution in [0.3, 0.4) is 0 Å². The molecule has 2 unspecified atom stereocenters. The highest BCUT2D eigenvalue weighted by Crippen LogP contribution is 2.17. The van der Waals surface area contributed by atoms with Crippen LogP contribution in [0, 0.1) is 5.92 Å². The van der Waals surface area contributed by atoms with E-state index in [0.29, 0.717) is 0 Å². The summed E-state index contributed by atoms with van der Waals surface area (Å²) in [7, 11) is 0. The molecule has 0 spiro atoms. The van der Waals surface area contributed by atoms with Gasteiger partial charge in [-0.3, -0.25) is 4.89 Å². The molecule has 2 atom stereocenters. The maximum atomic E-state index is 11.6. The summed E-state index contributed by atoms with van der Waals surface area (Å²) in [5, 5.41) is 9.29. The van der Waals surface area contributed by atoms with Crippen molar-refractivity contribution in [2.24, 2.45) is 5.92 Å². The largest absolute Gasteiger partial charge is 0.457 e. The fourth-order valence-corrected chi connectivity index (χ4v) is 2.08. The Labute approximate surface area is 133 Å². The summed E-state index contributed by atoms with van der Waals surface area (Å²) in [6, 6.07) is 0. The van der Waals surface area contributed by atoms with Crippen LogP contribution < -0.4 is 0 Å². The third-order valence-corrected chi connectivity index (χ3v) is 3.29. The molecule has 0 aliphatic rings. The van der Waals surface area contributed by atoms with Crippen molar-refractivity contribution in [3.8, 4) is 0 Å². The Morgan fingerprint density at radius 1 is 1.18 bits per heavy atom. The molecule has 6 nitrogen and oxygen atoms in total. The second kappa shape index (κ2) is 10.6. The van der Waals surface area contributed by atoms with E-state index in [1.165, 1.54) is 0 Å². The molecular weight excluding hydrogens is 288 g/mol. The van der Waals surface area contributed by atoms with Gasteiger partial charge in [0.05, 0.1) is 12.7 Å². The SMILES string of the molecule is CCCCC(CC)COC(=O)C(=O)OOC(C)(C)CC(C)O. The summed E-state index contributed by atoms with van der Waals surface area (Å²) in [6.07, 6.45) is 3.66. The van der Waals surface area contributed by atoms with E-state index in [2.05, 4.69) is 11.8 Å². The van der Waals surface area contributed by atoms with E-state index in [1.54, 1.807) is 20.8 Å². The summed E-state index contributed by atoms with van der Waals surface area (Å²) in [6.45, 7) is 9.23. The number of hydrogen-bond donors (Lipinski definition) is 1. The second-order valence-electron chi connectivity index (χ2n) is 6.28. The van der Waals surface area contributed by atoms with E-state index < -0.39 is 23.6 Å². The maximum Gasteiger partial charge on any atom is 0.449 e. The van der Waals surface area contributed by atoms with E-state index in [-0.39, 0.29) is 18.9 Å². The molecule has 0 bridgehead atoms. The smallest absolute Gasteiger partial charge is 0.449 e. The number of aliphatic hydroxyl groups is 1. The van der Waals surface area contributed by atoms with E-state index in [1.807, 2.05) is 6.92 Å². The molecule has 0 aliphatic heterocycles. The van der Waals surface area contributed by atoms with Crippen LogP contribution in [0.5, 0.6) is 0 Å². The summed E-state index contributed by atoms with van der Waals surface area (Å²) in [5.41, 5.74) is -0.878. The molecule has 6 heteroatoms. The van der Waals surface area contributed by atoms with Gasteiger partial charge in [0.1, 0.15) is 5.60 Å². The van der Waals surface area contributed by atoms with E-state index in [4.69, 9.17) is 9.62 Å². The first-order valence-electron chi connectivity index (χ1n) is 7.96. The summed E-state index contributed by atoms with van der Waals surface area (Å²) in [4.78, 5) is 32.5. The highest BCUT2D eigenvalue weighted by Gasteiger charge is 2.27. The van der Waals surface area contributed by atoms with Crippen LogP contribution in [0.2, 0.25) is 0 Å². The van der Waals surface area contributed by atoms with Crippen molar-refractivity contribution in [1.29, 1.82) is 0 Å². The van der Waals surface area contributed by atoms with Gasteiger partial charge < -0.3 is 9.84 Å². The Morgan fingerprint density at radius 3 is 2.32 bits per heavy atom. The van der Waals surface area contributed by atoms with Gasteiger partial charge in [0, 0.05) is 6.42 Å². The lowest BCUT2D eigenvalue weighted by molar-refractivity contribution is -0.327. The minimum atomic E-state index is -1.18. The third kappa shape index (κ3) is 9.73. The van der Waals surface area contributed by atoms with Crippen LogP contribution in [0.15, 0.2) is 0 Å². The van der Waals surface area contributed by atoms with Gasteiger partial charge in [0.25, 0.3) is 0 Å². The van der Waals surface area contributed by atoms with Gasteiger partial charge in [-0.15, -0.1) is 0 Å². The van der Waals surface area contributed by atoms with Gasteiger partial charge in [-0.1, -0.05) is 33.1 Å². The first-order chi connectivity index (χ1) is 10.2. The van der Waals surface area contributed by atoms with Crippen molar-refractivity contribution in [1.82, 2.24) is 0 Å². The van der Waals surface area contributed by atoms with Gasteiger partial charge in [-0.05, 0) is 33.1 Å². The Balaban J connectivity index is 4.13. The lowest BCUT2D eigenvalue weighted by Crippen LogP contribution is -2.32. The molecule has 0 aliphatic carbocycles. The molecule has 1 N–H and O–H groups in total. The van der Waals surface area contributed by atoms with Crippen molar-refractivity contribution >= 4 is 11.9 Å². The van der Waals surface area contributed by atoms with E-state index in [9.17, 15) is 14.7 Å². The molecule has 0 aromatic heterocycles. The Morgan fingerprint density at radius 2 is 1.82 bits per heavy atom. The zero-order chi connectivity index (χ0) is 17.2. The van der Waals surface area contributed by atoms with Crippen LogP contribution in [0.4, 0.5) is 0 Å². The van der Waals surface area contributed by atoms with Gasteiger partial charge in [-0.25, -0.2) is 9.59 Å². The number of carbonyl (C=O) groups is 2. The minimum absolute atomic E-state index is 0.210. The molecular formula is C16H30O6. The Hall–Kier alpha value is -1.14. The van der Waals surface area contributed by atoms with Crippen molar-refractivity contribution in [2.75, 3.05) is 6.61 Å². The first kappa shape index (κ1) is 20.9. The van der Waals surface area contributed by atoms with Crippen LogP contribution in [0.25, 0.3) is 0 Å². The quantitative estimate of drug-likeness (QED) is 0.289. The predicted molar refractivity (Wildman–Crippen MR) is 81.8 cm³/mol. The number of rotatable bonds is 10. The molecule has 0 fully saturated rings. The average molecular weight is 318 g/mol. The number of ether oxygens (including phenoxy) is 1. The number of unbranched alkanes of at least 4 members (excludes halogenated alkanes) is 1. The molecule has 0 aromatic carbocycles. The second-order valence-corrected chi connectivity index (χ2v) is 6.28. The number of esters is 1. The number of hydrogen-bond acceptors (Lipinski definition) is 6. The van der Waals surface area contributed by atoms with Crippen LogP contribution in [-0.4, -0.2) is 35.4 Å².